The molecule has 226 valence electrons. The van der Waals surface area contributed by atoms with Crippen LogP contribution in [0.1, 0.15) is 73.7 Å². The van der Waals surface area contributed by atoms with Crippen LogP contribution in [0, 0.1) is 12.7 Å². The van der Waals surface area contributed by atoms with Crippen molar-refractivity contribution in [1.82, 2.24) is 9.71 Å². The smallest absolute Gasteiger partial charge is 0.241 e. The Bertz CT molecular complexity index is 1700. The Morgan fingerprint density at radius 1 is 1.07 bits per heavy atom. The molecule has 1 N–H and O–H groups in total. The molecule has 0 saturated heterocycles. The van der Waals surface area contributed by atoms with Crippen molar-refractivity contribution >= 4 is 33.2 Å². The molecule has 0 aliphatic heterocycles. The number of rotatable bonds is 9. The molecule has 1 heterocycles. The minimum Gasteiger partial charge on any atom is -0.306 e. The molecular weight excluding hydrogens is 585 g/mol. The van der Waals surface area contributed by atoms with E-state index in [1.807, 2.05) is 80.6 Å². The van der Waals surface area contributed by atoms with E-state index in [0.717, 1.165) is 53.1 Å². The van der Waals surface area contributed by atoms with Gasteiger partial charge in [-0.05, 0) is 91.3 Å². The molecule has 3 aromatic carbocycles. The van der Waals surface area contributed by atoms with E-state index >= 15 is 0 Å². The zero-order valence-corrected chi connectivity index (χ0v) is 25.1. The number of halogens is 2. The molecule has 1 amide bonds. The molecule has 2 atom stereocenters. The van der Waals surface area contributed by atoms with Gasteiger partial charge in [-0.3, -0.25) is 9.78 Å². The minimum atomic E-state index is -3.98. The number of sulfonamides is 1. The highest BCUT2D eigenvalue weighted by Gasteiger charge is 2.28. The topological polar surface area (TPSA) is 79.4 Å². The highest BCUT2D eigenvalue weighted by molar-refractivity contribution is 7.89. The lowest BCUT2D eigenvalue weighted by molar-refractivity contribution is -0.119. The van der Waals surface area contributed by atoms with E-state index in [0.29, 0.717) is 18.5 Å². The molecule has 9 heteroatoms. The second-order valence-corrected chi connectivity index (χ2v) is 12.9. The molecule has 5 rings (SSSR count). The zero-order chi connectivity index (χ0) is 29.9. The van der Waals surface area contributed by atoms with E-state index in [4.69, 9.17) is 11.6 Å². The van der Waals surface area contributed by atoms with E-state index in [-0.39, 0.29) is 35.7 Å². The van der Waals surface area contributed by atoms with Crippen LogP contribution >= 0.6 is 11.6 Å². The number of carbonyl (C=O) groups is 1. The quantitative estimate of drug-likeness (QED) is 0.206. The van der Waals surface area contributed by atoms with Crippen molar-refractivity contribution in [3.63, 3.8) is 0 Å². The van der Waals surface area contributed by atoms with Crippen molar-refractivity contribution in [2.45, 2.75) is 70.4 Å². The summed E-state index contributed by atoms with van der Waals surface area (Å²) in [6.45, 7) is 4.23. The molecule has 0 unspecified atom stereocenters. The fourth-order valence-electron chi connectivity index (χ4n) is 5.42. The Balaban J connectivity index is 0.00000423. The number of carbonyl (C=O) groups excluding carboxylic acids is 1. The lowest BCUT2D eigenvalue weighted by atomic mass is 9.87. The monoisotopic (exact) mass is 621 g/mol. The number of hydrogen-bond donors (Lipinski definition) is 1. The van der Waals surface area contributed by atoms with Gasteiger partial charge in [0.25, 0.3) is 0 Å². The second-order valence-electron chi connectivity index (χ2n) is 10.8. The van der Waals surface area contributed by atoms with Crippen molar-refractivity contribution in [3.05, 3.63) is 124 Å². The molecule has 0 spiro atoms. The summed E-state index contributed by atoms with van der Waals surface area (Å²) in [7, 11) is -3.98. The number of nitrogens with one attached hydrogen (secondary N) is 1. The Morgan fingerprint density at radius 2 is 1.84 bits per heavy atom. The molecular formula is C34H37ClFN3O3S. The fraction of sp³-hybridized carbons (Fsp3) is 0.294. The summed E-state index contributed by atoms with van der Waals surface area (Å²) in [6, 6.07) is 24.3. The van der Waals surface area contributed by atoms with Gasteiger partial charge in [0.05, 0.1) is 22.2 Å². The van der Waals surface area contributed by atoms with Gasteiger partial charge in [0.1, 0.15) is 5.82 Å². The van der Waals surface area contributed by atoms with Gasteiger partial charge in [0.2, 0.25) is 15.9 Å². The number of anilines is 1. The summed E-state index contributed by atoms with van der Waals surface area (Å²) in [4.78, 5) is 20.2. The van der Waals surface area contributed by atoms with Gasteiger partial charge in [-0.25, -0.2) is 17.5 Å². The molecule has 0 saturated carbocycles. The highest BCUT2D eigenvalue weighted by Crippen LogP contribution is 2.35. The van der Waals surface area contributed by atoms with E-state index in [9.17, 15) is 17.6 Å². The van der Waals surface area contributed by atoms with Crippen molar-refractivity contribution in [3.8, 4) is 0 Å². The van der Waals surface area contributed by atoms with Gasteiger partial charge in [-0.15, -0.1) is 0 Å². The number of aryl methyl sites for hydroxylation is 2. The average molecular weight is 622 g/mol. The van der Waals surface area contributed by atoms with Gasteiger partial charge in [-0.2, -0.15) is 0 Å². The zero-order valence-electron chi connectivity index (χ0n) is 23.6. The summed E-state index contributed by atoms with van der Waals surface area (Å²) >= 11 is 5.87. The van der Waals surface area contributed by atoms with Crippen LogP contribution in [0.4, 0.5) is 10.1 Å². The van der Waals surface area contributed by atoms with Crippen molar-refractivity contribution < 1.29 is 17.6 Å². The Kier molecular flexibility index (Phi) is 10.4. The molecule has 6 nitrogen and oxygen atoms in total. The van der Waals surface area contributed by atoms with Crippen molar-refractivity contribution in [2.24, 2.45) is 0 Å². The molecule has 0 radical (unpaired) electrons. The fourth-order valence-corrected chi connectivity index (χ4v) is 6.94. The van der Waals surface area contributed by atoms with Crippen LogP contribution in [0.25, 0.3) is 0 Å². The maximum absolute atomic E-state index is 13.9. The number of pyridine rings is 1. The van der Waals surface area contributed by atoms with E-state index in [1.165, 1.54) is 6.07 Å². The Morgan fingerprint density at radius 3 is 2.56 bits per heavy atom. The summed E-state index contributed by atoms with van der Waals surface area (Å²) in [5.41, 5.74) is 5.23. The molecule has 0 fully saturated rings. The van der Waals surface area contributed by atoms with Gasteiger partial charge in [-0.1, -0.05) is 68.4 Å². The number of benzene rings is 3. The van der Waals surface area contributed by atoms with Crippen molar-refractivity contribution in [1.29, 1.82) is 0 Å². The van der Waals surface area contributed by atoms with Crippen LogP contribution in [0.2, 0.25) is 5.02 Å². The van der Waals surface area contributed by atoms with Crippen LogP contribution in [0.15, 0.2) is 89.8 Å². The highest BCUT2D eigenvalue weighted by atomic mass is 35.5. The van der Waals surface area contributed by atoms with Gasteiger partial charge in [0.15, 0.2) is 0 Å². The molecule has 0 bridgehead atoms. The SMILES string of the molecule is C.Cc1cccc(CN(C(=O)C[C@@H](C)c2ccccc2)c2ccc3c(c2)[C@@H](NS(=O)(=O)c2ccc(F)c(Cl)c2)CCC3)n1. The molecule has 1 aliphatic carbocycles. The second kappa shape index (κ2) is 13.8. The Labute approximate surface area is 259 Å². The lowest BCUT2D eigenvalue weighted by Crippen LogP contribution is -2.33. The molecule has 43 heavy (non-hydrogen) atoms. The third kappa shape index (κ3) is 7.68. The normalized spacial score (nSPS) is 15.2. The first-order valence-corrected chi connectivity index (χ1v) is 15.8. The van der Waals surface area contributed by atoms with E-state index < -0.39 is 21.9 Å². The third-order valence-electron chi connectivity index (χ3n) is 7.67. The minimum absolute atomic E-state index is 0. The average Bonchev–Trinajstić information content (AvgIpc) is 2.97. The van der Waals surface area contributed by atoms with E-state index in [2.05, 4.69) is 9.71 Å². The Hall–Kier alpha value is -3.59. The first-order valence-electron chi connectivity index (χ1n) is 14.0. The van der Waals surface area contributed by atoms with Gasteiger partial charge >= 0.3 is 0 Å². The molecule has 4 aromatic rings. The van der Waals surface area contributed by atoms with Gasteiger partial charge in [0, 0.05) is 23.8 Å². The van der Waals surface area contributed by atoms with Crippen LogP contribution in [-0.4, -0.2) is 19.3 Å². The summed E-state index contributed by atoms with van der Waals surface area (Å²) < 4.78 is 43.0. The van der Waals surface area contributed by atoms with Crippen molar-refractivity contribution in [2.75, 3.05) is 4.90 Å². The summed E-state index contributed by atoms with van der Waals surface area (Å²) in [6.07, 6.45) is 2.49. The number of nitrogens with zero attached hydrogens (tertiary/aromatic N) is 2. The predicted molar refractivity (Wildman–Crippen MR) is 170 cm³/mol. The number of aromatic nitrogens is 1. The largest absolute Gasteiger partial charge is 0.306 e. The van der Waals surface area contributed by atoms with Crippen LogP contribution in [0.5, 0.6) is 0 Å². The standard InChI is InChI=1S/C33H33ClFN3O3S.CH4/c1-22(24-9-4-3-5-10-24)18-33(39)38(21-26-12-6-8-23(2)36-26)27-15-14-25-11-7-13-32(29(25)19-27)37-42(40,41)28-16-17-31(35)30(34)20-28;/h3-6,8-10,12,14-17,19-20,22,32,37H,7,11,13,18,21H2,1-2H3;1H4/t22-,32+;/m1./s1. The maximum Gasteiger partial charge on any atom is 0.241 e. The summed E-state index contributed by atoms with van der Waals surface area (Å²) in [5, 5.41) is -0.257. The number of amides is 1. The number of hydrogen-bond acceptors (Lipinski definition) is 4. The van der Waals surface area contributed by atoms with Gasteiger partial charge < -0.3 is 4.90 Å². The first kappa shape index (κ1) is 32.3. The lowest BCUT2D eigenvalue weighted by Gasteiger charge is -2.30. The first-order chi connectivity index (χ1) is 20.1. The van der Waals surface area contributed by atoms with Crippen LogP contribution < -0.4 is 9.62 Å². The van der Waals surface area contributed by atoms with Crippen LogP contribution in [-0.2, 0) is 27.8 Å². The molecule has 1 aliphatic rings. The van der Waals surface area contributed by atoms with Crippen LogP contribution in [0.3, 0.4) is 0 Å². The number of fused-ring (bicyclic) bond motifs is 1. The predicted octanol–water partition coefficient (Wildman–Crippen LogP) is 7.90. The third-order valence-corrected chi connectivity index (χ3v) is 9.43. The summed E-state index contributed by atoms with van der Waals surface area (Å²) in [5.74, 6) is -0.729. The molecule has 1 aromatic heterocycles. The maximum atomic E-state index is 13.9. The van der Waals surface area contributed by atoms with E-state index in [1.54, 1.807) is 4.90 Å².